The predicted molar refractivity (Wildman–Crippen MR) is 74.1 cm³/mol. The summed E-state index contributed by atoms with van der Waals surface area (Å²) in [5.41, 5.74) is 1.57. The molecule has 1 aromatic carbocycles. The van der Waals surface area contributed by atoms with E-state index in [1.165, 1.54) is 12.3 Å². The molecule has 0 amide bonds. The topological polar surface area (TPSA) is 34.1 Å². The number of alkyl halides is 1. The molecule has 0 aliphatic heterocycles. The number of benzene rings is 1. The van der Waals surface area contributed by atoms with Gasteiger partial charge in [-0.05, 0) is 31.2 Å². The Labute approximate surface area is 116 Å². The molecule has 0 saturated carbocycles. The lowest BCUT2D eigenvalue weighted by Crippen LogP contribution is -2.08. The molecule has 1 N–H and O–H groups in total. The highest BCUT2D eigenvalue weighted by molar-refractivity contribution is 5.49. The lowest BCUT2D eigenvalue weighted by atomic mass is 10.2. The molecule has 2 rings (SSSR count). The van der Waals surface area contributed by atoms with Gasteiger partial charge in [0.25, 0.3) is 0 Å². The molecule has 0 bridgehead atoms. The van der Waals surface area contributed by atoms with Crippen LogP contribution in [0.2, 0.25) is 0 Å². The fraction of sp³-hybridized carbons (Fsp3) is 0.267. The average molecular weight is 278 g/mol. The maximum atomic E-state index is 12.8. The minimum Gasteiger partial charge on any atom is -0.491 e. The van der Waals surface area contributed by atoms with Crippen molar-refractivity contribution in [2.24, 2.45) is 0 Å². The molecular weight excluding hydrogens is 262 g/mol. The molecule has 0 fully saturated rings. The Balaban J connectivity index is 2.03. The van der Waals surface area contributed by atoms with E-state index < -0.39 is 6.67 Å². The third kappa shape index (κ3) is 3.91. The van der Waals surface area contributed by atoms with E-state index in [1.807, 2.05) is 19.1 Å². The van der Waals surface area contributed by atoms with Gasteiger partial charge in [-0.1, -0.05) is 6.07 Å². The first-order valence-electron chi connectivity index (χ1n) is 6.36. The van der Waals surface area contributed by atoms with Crippen LogP contribution in [-0.4, -0.2) is 18.3 Å². The van der Waals surface area contributed by atoms with E-state index in [0.717, 1.165) is 11.4 Å². The first-order chi connectivity index (χ1) is 9.69. The molecule has 5 heteroatoms. The van der Waals surface area contributed by atoms with Crippen LogP contribution < -0.4 is 10.1 Å². The highest BCUT2D eigenvalue weighted by Gasteiger charge is 2.07. The Morgan fingerprint density at radius 1 is 1.30 bits per heavy atom. The van der Waals surface area contributed by atoms with Crippen LogP contribution in [0.5, 0.6) is 5.75 Å². The van der Waals surface area contributed by atoms with E-state index in [-0.39, 0.29) is 18.5 Å². The van der Waals surface area contributed by atoms with E-state index in [1.54, 1.807) is 18.2 Å². The fourth-order valence-corrected chi connectivity index (χ4v) is 1.80. The molecule has 1 aromatic heterocycles. The molecule has 0 unspecified atom stereocenters. The van der Waals surface area contributed by atoms with Crippen LogP contribution in [0.15, 0.2) is 42.6 Å². The summed E-state index contributed by atoms with van der Waals surface area (Å²) in [5.74, 6) is 0.245. The van der Waals surface area contributed by atoms with Gasteiger partial charge in [-0.3, -0.25) is 4.98 Å². The minimum atomic E-state index is -0.520. The Kier molecular flexibility index (Phi) is 4.87. The number of ether oxygens (including phenoxy) is 1. The fourth-order valence-electron chi connectivity index (χ4n) is 1.80. The average Bonchev–Trinajstić information content (AvgIpc) is 2.46. The molecule has 0 saturated heterocycles. The molecule has 106 valence electrons. The van der Waals surface area contributed by atoms with Gasteiger partial charge in [0.15, 0.2) is 0 Å². The van der Waals surface area contributed by atoms with Crippen LogP contribution in [0, 0.1) is 5.82 Å². The molecule has 1 atom stereocenters. The SMILES string of the molecule is C[C@H](Nc1cccc(OCCF)c1)c1ccc(F)cn1. The minimum absolute atomic E-state index is 0.0402. The lowest BCUT2D eigenvalue weighted by Gasteiger charge is -2.15. The predicted octanol–water partition coefficient (Wildman–Crippen LogP) is 3.74. The highest BCUT2D eigenvalue weighted by Crippen LogP contribution is 2.22. The lowest BCUT2D eigenvalue weighted by molar-refractivity contribution is 0.273. The number of nitrogens with one attached hydrogen (secondary N) is 1. The summed E-state index contributed by atoms with van der Waals surface area (Å²) in [5, 5.41) is 3.24. The first-order valence-corrected chi connectivity index (χ1v) is 6.36. The molecular formula is C15H16F2N2O. The number of nitrogens with zero attached hydrogens (tertiary/aromatic N) is 1. The molecule has 0 spiro atoms. The number of hydrogen-bond donors (Lipinski definition) is 1. The van der Waals surface area contributed by atoms with Crippen molar-refractivity contribution in [2.75, 3.05) is 18.6 Å². The van der Waals surface area contributed by atoms with E-state index in [2.05, 4.69) is 10.3 Å². The maximum absolute atomic E-state index is 12.8. The Bertz CT molecular complexity index is 546. The van der Waals surface area contributed by atoms with Gasteiger partial charge >= 0.3 is 0 Å². The van der Waals surface area contributed by atoms with Crippen LogP contribution >= 0.6 is 0 Å². The summed E-state index contributed by atoms with van der Waals surface area (Å²) in [6, 6.07) is 10.2. The second-order valence-electron chi connectivity index (χ2n) is 4.33. The zero-order chi connectivity index (χ0) is 14.4. The molecule has 2 aromatic rings. The Hall–Kier alpha value is -2.17. The zero-order valence-electron chi connectivity index (χ0n) is 11.1. The zero-order valence-corrected chi connectivity index (χ0v) is 11.1. The van der Waals surface area contributed by atoms with Crippen molar-refractivity contribution in [1.29, 1.82) is 0 Å². The van der Waals surface area contributed by atoms with Crippen LogP contribution in [-0.2, 0) is 0 Å². The van der Waals surface area contributed by atoms with Crippen molar-refractivity contribution < 1.29 is 13.5 Å². The van der Waals surface area contributed by atoms with Crippen molar-refractivity contribution in [1.82, 2.24) is 4.98 Å². The normalized spacial score (nSPS) is 11.9. The summed E-state index contributed by atoms with van der Waals surface area (Å²) in [7, 11) is 0. The van der Waals surface area contributed by atoms with Gasteiger partial charge in [0.1, 0.15) is 24.8 Å². The van der Waals surface area contributed by atoms with Gasteiger partial charge in [-0.25, -0.2) is 8.78 Å². The van der Waals surface area contributed by atoms with Crippen LogP contribution in [0.1, 0.15) is 18.7 Å². The van der Waals surface area contributed by atoms with Gasteiger partial charge in [0.05, 0.1) is 17.9 Å². The van der Waals surface area contributed by atoms with Crippen molar-refractivity contribution in [2.45, 2.75) is 13.0 Å². The van der Waals surface area contributed by atoms with Crippen LogP contribution in [0.3, 0.4) is 0 Å². The number of aromatic nitrogens is 1. The van der Waals surface area contributed by atoms with Gasteiger partial charge in [-0.2, -0.15) is 0 Å². The second-order valence-corrected chi connectivity index (χ2v) is 4.33. The van der Waals surface area contributed by atoms with Gasteiger partial charge in [0, 0.05) is 11.8 Å². The second kappa shape index (κ2) is 6.84. The molecule has 0 aliphatic carbocycles. The van der Waals surface area contributed by atoms with E-state index in [0.29, 0.717) is 5.75 Å². The van der Waals surface area contributed by atoms with Gasteiger partial charge in [0.2, 0.25) is 0 Å². The summed E-state index contributed by atoms with van der Waals surface area (Å²) in [6.45, 7) is 1.45. The third-order valence-electron chi connectivity index (χ3n) is 2.76. The monoisotopic (exact) mass is 278 g/mol. The number of pyridine rings is 1. The molecule has 0 radical (unpaired) electrons. The Morgan fingerprint density at radius 2 is 2.15 bits per heavy atom. The maximum Gasteiger partial charge on any atom is 0.141 e. The number of anilines is 1. The van der Waals surface area contributed by atoms with Gasteiger partial charge < -0.3 is 10.1 Å². The van der Waals surface area contributed by atoms with E-state index >= 15 is 0 Å². The highest BCUT2D eigenvalue weighted by atomic mass is 19.1. The third-order valence-corrected chi connectivity index (χ3v) is 2.76. The van der Waals surface area contributed by atoms with Crippen molar-refractivity contribution >= 4 is 5.69 Å². The largest absolute Gasteiger partial charge is 0.491 e. The van der Waals surface area contributed by atoms with Crippen LogP contribution in [0.25, 0.3) is 0 Å². The van der Waals surface area contributed by atoms with E-state index in [9.17, 15) is 8.78 Å². The first kappa shape index (κ1) is 14.2. The molecule has 0 aliphatic rings. The molecule has 20 heavy (non-hydrogen) atoms. The number of hydrogen-bond acceptors (Lipinski definition) is 3. The Morgan fingerprint density at radius 3 is 2.85 bits per heavy atom. The summed E-state index contributed by atoms with van der Waals surface area (Å²) in [6.07, 6.45) is 1.19. The summed E-state index contributed by atoms with van der Waals surface area (Å²) < 4.78 is 30.1. The summed E-state index contributed by atoms with van der Waals surface area (Å²) in [4.78, 5) is 4.03. The number of halogens is 2. The van der Waals surface area contributed by atoms with Crippen molar-refractivity contribution in [3.05, 3.63) is 54.1 Å². The quantitative estimate of drug-likeness (QED) is 0.874. The summed E-state index contributed by atoms with van der Waals surface area (Å²) >= 11 is 0. The van der Waals surface area contributed by atoms with Gasteiger partial charge in [-0.15, -0.1) is 0 Å². The van der Waals surface area contributed by atoms with Crippen molar-refractivity contribution in [3.8, 4) is 5.75 Å². The number of rotatable bonds is 6. The molecule has 3 nitrogen and oxygen atoms in total. The van der Waals surface area contributed by atoms with Crippen LogP contribution in [0.4, 0.5) is 14.5 Å². The van der Waals surface area contributed by atoms with E-state index in [4.69, 9.17) is 4.74 Å². The smallest absolute Gasteiger partial charge is 0.141 e. The molecule has 1 heterocycles. The van der Waals surface area contributed by atoms with Crippen molar-refractivity contribution in [3.63, 3.8) is 0 Å². The standard InChI is InChI=1S/C15H16F2N2O/c1-11(15-6-5-12(17)10-18-15)19-13-3-2-4-14(9-13)20-8-7-16/h2-6,9-11,19H,7-8H2,1H3/t11-/m0/s1.